The third-order valence-corrected chi connectivity index (χ3v) is 11.7. The Morgan fingerprint density at radius 2 is 0.636 bits per heavy atom. The molecule has 0 aromatic rings. The molecule has 55 heavy (non-hydrogen) atoms. The summed E-state index contributed by atoms with van der Waals surface area (Å²) in [7, 11) is 0. The van der Waals surface area contributed by atoms with Crippen molar-refractivity contribution in [1.29, 1.82) is 0 Å². The fraction of sp³-hybridized carbons (Fsp3) is 0.939. The molecule has 326 valence electrons. The van der Waals surface area contributed by atoms with Crippen LogP contribution in [0.1, 0.15) is 266 Å². The SMILES string of the molecule is CCCCCCCC(=O)O[C@@H](COC(=O)CCCCCCCCCCCCCCCCCCCCC(C)CC)COC(=O)CCCCCCCCC(C)CC. The molecule has 0 aliphatic heterocycles. The molecule has 0 aliphatic rings. The number of carbonyl (C=O) groups excluding carboxylic acids is 3. The van der Waals surface area contributed by atoms with Crippen LogP contribution in [-0.2, 0) is 28.6 Å². The number of esters is 3. The zero-order chi connectivity index (χ0) is 40.5. The maximum absolute atomic E-state index is 12.5. The Balaban J connectivity index is 4.00. The molecule has 0 saturated heterocycles. The standard InChI is InChI=1S/C49H94O6/c1-6-9-10-27-36-41-49(52)55-46(43-54-48(51)40-35-31-26-25-29-33-38-45(5)8-3)42-53-47(50)39-34-30-24-22-20-18-16-14-12-11-13-15-17-19-21-23-28-32-37-44(4)7-2/h44-46H,6-43H2,1-5H3/t44?,45?,46-/m0/s1. The molecule has 0 N–H and O–H groups in total. The van der Waals surface area contributed by atoms with Crippen LogP contribution in [0.3, 0.4) is 0 Å². The molecule has 0 bridgehead atoms. The number of hydrogen-bond donors (Lipinski definition) is 0. The Labute approximate surface area is 342 Å². The van der Waals surface area contributed by atoms with E-state index in [1.54, 1.807) is 0 Å². The predicted octanol–water partition coefficient (Wildman–Crippen LogP) is 15.4. The average Bonchev–Trinajstić information content (AvgIpc) is 3.18. The first-order valence-corrected chi connectivity index (χ1v) is 24.3. The van der Waals surface area contributed by atoms with Gasteiger partial charge in [-0.05, 0) is 31.1 Å². The van der Waals surface area contributed by atoms with Gasteiger partial charge in [0.1, 0.15) is 13.2 Å². The number of rotatable bonds is 43. The van der Waals surface area contributed by atoms with Crippen LogP contribution in [0.25, 0.3) is 0 Å². The van der Waals surface area contributed by atoms with Crippen LogP contribution in [-0.4, -0.2) is 37.2 Å². The Kier molecular flexibility index (Phi) is 40.8. The third kappa shape index (κ3) is 40.4. The van der Waals surface area contributed by atoms with E-state index in [-0.39, 0.29) is 31.1 Å². The molecule has 0 spiro atoms. The van der Waals surface area contributed by atoms with Gasteiger partial charge in [-0.25, -0.2) is 0 Å². The maximum atomic E-state index is 12.5. The number of unbranched alkanes of at least 4 members (excludes halogenated alkanes) is 26. The van der Waals surface area contributed by atoms with Crippen molar-refractivity contribution in [2.24, 2.45) is 11.8 Å². The lowest BCUT2D eigenvalue weighted by Gasteiger charge is -2.18. The third-order valence-electron chi connectivity index (χ3n) is 11.7. The lowest BCUT2D eigenvalue weighted by atomic mass is 9.99. The van der Waals surface area contributed by atoms with Crippen LogP contribution in [0, 0.1) is 11.8 Å². The summed E-state index contributed by atoms with van der Waals surface area (Å²) in [5, 5.41) is 0. The van der Waals surface area contributed by atoms with Gasteiger partial charge in [-0.15, -0.1) is 0 Å². The molecule has 0 rings (SSSR count). The highest BCUT2D eigenvalue weighted by Crippen LogP contribution is 2.18. The van der Waals surface area contributed by atoms with E-state index >= 15 is 0 Å². The molecular formula is C49H94O6. The summed E-state index contributed by atoms with van der Waals surface area (Å²) in [5.74, 6) is 0.852. The summed E-state index contributed by atoms with van der Waals surface area (Å²) in [6.07, 6.45) is 41.3. The summed E-state index contributed by atoms with van der Waals surface area (Å²) in [4.78, 5) is 37.5. The van der Waals surface area contributed by atoms with Crippen molar-refractivity contribution >= 4 is 17.9 Å². The molecule has 0 amide bonds. The molecule has 0 radical (unpaired) electrons. The predicted molar refractivity (Wildman–Crippen MR) is 233 cm³/mol. The van der Waals surface area contributed by atoms with Crippen molar-refractivity contribution in [1.82, 2.24) is 0 Å². The van der Waals surface area contributed by atoms with Crippen molar-refractivity contribution in [2.45, 2.75) is 272 Å². The number of carbonyl (C=O) groups is 3. The first kappa shape index (κ1) is 53.4. The van der Waals surface area contributed by atoms with Gasteiger partial charge in [-0.3, -0.25) is 14.4 Å². The van der Waals surface area contributed by atoms with E-state index in [2.05, 4.69) is 34.6 Å². The molecule has 0 aromatic carbocycles. The largest absolute Gasteiger partial charge is 0.462 e. The Hall–Kier alpha value is -1.59. The molecule has 0 aliphatic carbocycles. The molecule has 6 heteroatoms. The Bertz CT molecular complexity index is 843. The van der Waals surface area contributed by atoms with E-state index in [4.69, 9.17) is 14.2 Å². The van der Waals surface area contributed by atoms with Gasteiger partial charge in [-0.1, -0.05) is 227 Å². The molecule has 3 atom stereocenters. The maximum Gasteiger partial charge on any atom is 0.306 e. The fourth-order valence-corrected chi connectivity index (χ4v) is 7.22. The van der Waals surface area contributed by atoms with Gasteiger partial charge in [0, 0.05) is 19.3 Å². The van der Waals surface area contributed by atoms with E-state index in [9.17, 15) is 14.4 Å². The second-order valence-electron chi connectivity index (χ2n) is 17.2. The minimum atomic E-state index is -0.759. The lowest BCUT2D eigenvalue weighted by molar-refractivity contribution is -0.167. The summed E-state index contributed by atoms with van der Waals surface area (Å²) in [6.45, 7) is 11.3. The smallest absolute Gasteiger partial charge is 0.306 e. The van der Waals surface area contributed by atoms with Gasteiger partial charge in [-0.2, -0.15) is 0 Å². The Morgan fingerprint density at radius 1 is 0.364 bits per heavy atom. The van der Waals surface area contributed by atoms with E-state index < -0.39 is 6.10 Å². The molecule has 6 nitrogen and oxygen atoms in total. The van der Waals surface area contributed by atoms with Gasteiger partial charge in [0.05, 0.1) is 0 Å². The second kappa shape index (κ2) is 42.0. The van der Waals surface area contributed by atoms with Crippen molar-refractivity contribution in [3.05, 3.63) is 0 Å². The first-order valence-electron chi connectivity index (χ1n) is 24.3. The minimum Gasteiger partial charge on any atom is -0.462 e. The molecule has 0 aromatic heterocycles. The molecule has 0 saturated carbocycles. The van der Waals surface area contributed by atoms with Gasteiger partial charge < -0.3 is 14.2 Å². The molecule has 2 unspecified atom stereocenters. The van der Waals surface area contributed by atoms with Crippen molar-refractivity contribution in [2.75, 3.05) is 13.2 Å². The van der Waals surface area contributed by atoms with Gasteiger partial charge in [0.25, 0.3) is 0 Å². The molecular weight excluding hydrogens is 685 g/mol. The summed E-state index contributed by atoms with van der Waals surface area (Å²) in [6, 6.07) is 0. The lowest BCUT2D eigenvalue weighted by Crippen LogP contribution is -2.30. The van der Waals surface area contributed by atoms with E-state index in [1.165, 1.54) is 148 Å². The summed E-state index contributed by atoms with van der Waals surface area (Å²) < 4.78 is 16.6. The van der Waals surface area contributed by atoms with Crippen molar-refractivity contribution in [3.63, 3.8) is 0 Å². The second-order valence-corrected chi connectivity index (χ2v) is 17.2. The van der Waals surface area contributed by atoms with E-state index in [1.807, 2.05) is 0 Å². The van der Waals surface area contributed by atoms with Crippen LogP contribution in [0.2, 0.25) is 0 Å². The fourth-order valence-electron chi connectivity index (χ4n) is 7.22. The van der Waals surface area contributed by atoms with Crippen LogP contribution in [0.4, 0.5) is 0 Å². The number of hydrogen-bond acceptors (Lipinski definition) is 6. The summed E-state index contributed by atoms with van der Waals surface area (Å²) in [5.41, 5.74) is 0. The zero-order valence-electron chi connectivity index (χ0n) is 37.6. The highest BCUT2D eigenvalue weighted by atomic mass is 16.6. The normalized spacial score (nSPS) is 13.0. The van der Waals surface area contributed by atoms with Gasteiger partial charge in [0.2, 0.25) is 0 Å². The van der Waals surface area contributed by atoms with Gasteiger partial charge in [0.15, 0.2) is 6.10 Å². The van der Waals surface area contributed by atoms with Gasteiger partial charge >= 0.3 is 17.9 Å². The Morgan fingerprint density at radius 3 is 0.945 bits per heavy atom. The van der Waals surface area contributed by atoms with E-state index in [0.29, 0.717) is 19.3 Å². The summed E-state index contributed by atoms with van der Waals surface area (Å²) >= 11 is 0. The number of ether oxygens (including phenoxy) is 3. The van der Waals surface area contributed by atoms with Crippen LogP contribution in [0.5, 0.6) is 0 Å². The van der Waals surface area contributed by atoms with Crippen molar-refractivity contribution in [3.8, 4) is 0 Å². The highest BCUT2D eigenvalue weighted by molar-refractivity contribution is 5.71. The van der Waals surface area contributed by atoms with Crippen LogP contribution >= 0.6 is 0 Å². The molecule has 0 fully saturated rings. The van der Waals surface area contributed by atoms with Crippen molar-refractivity contribution < 1.29 is 28.6 Å². The minimum absolute atomic E-state index is 0.0664. The zero-order valence-corrected chi connectivity index (χ0v) is 37.6. The first-order chi connectivity index (χ1) is 26.8. The van der Waals surface area contributed by atoms with E-state index in [0.717, 1.165) is 76.0 Å². The monoisotopic (exact) mass is 779 g/mol. The van der Waals surface area contributed by atoms with Crippen LogP contribution in [0.15, 0.2) is 0 Å². The van der Waals surface area contributed by atoms with Crippen LogP contribution < -0.4 is 0 Å². The quantitative estimate of drug-likeness (QED) is 0.0348. The average molecular weight is 779 g/mol. The highest BCUT2D eigenvalue weighted by Gasteiger charge is 2.19. The topological polar surface area (TPSA) is 78.9 Å². The molecule has 0 heterocycles.